The van der Waals surface area contributed by atoms with Crippen LogP contribution in [0.2, 0.25) is 0 Å². The van der Waals surface area contributed by atoms with Crippen LogP contribution < -0.4 is 5.32 Å². The Morgan fingerprint density at radius 3 is 2.57 bits per heavy atom. The first-order valence-corrected chi connectivity index (χ1v) is 8.10. The number of hydrogen-bond acceptors (Lipinski definition) is 1. The summed E-state index contributed by atoms with van der Waals surface area (Å²) in [5, 5.41) is 2.70. The van der Waals surface area contributed by atoms with E-state index in [0.717, 1.165) is 31.4 Å². The molecule has 0 spiro atoms. The SMILES string of the molecule is O=C(Nc1cc(C(F)(F)F)ccc1I)C1CC2CCC1C2. The molecule has 114 valence electrons. The van der Waals surface area contributed by atoms with Crippen molar-refractivity contribution >= 4 is 34.2 Å². The Morgan fingerprint density at radius 2 is 2.00 bits per heavy atom. The molecule has 21 heavy (non-hydrogen) atoms. The molecule has 2 nitrogen and oxygen atoms in total. The fourth-order valence-electron chi connectivity index (χ4n) is 3.59. The molecule has 1 N–H and O–H groups in total. The van der Waals surface area contributed by atoms with Gasteiger partial charge >= 0.3 is 6.18 Å². The number of fused-ring (bicyclic) bond motifs is 2. The third kappa shape index (κ3) is 3.05. The van der Waals surface area contributed by atoms with Crippen LogP contribution >= 0.6 is 22.6 Å². The molecular formula is C15H15F3INO. The number of carbonyl (C=O) groups is 1. The smallest absolute Gasteiger partial charge is 0.325 e. The highest BCUT2D eigenvalue weighted by atomic mass is 127. The number of hydrogen-bond donors (Lipinski definition) is 1. The van der Waals surface area contributed by atoms with Gasteiger partial charge in [-0.1, -0.05) is 6.42 Å². The van der Waals surface area contributed by atoms with E-state index in [9.17, 15) is 18.0 Å². The van der Waals surface area contributed by atoms with E-state index in [4.69, 9.17) is 0 Å². The predicted octanol–water partition coefficient (Wildman–Crippen LogP) is 4.68. The normalized spacial score (nSPS) is 27.9. The average molecular weight is 409 g/mol. The van der Waals surface area contributed by atoms with Crippen LogP contribution in [0.25, 0.3) is 0 Å². The Balaban J connectivity index is 1.76. The van der Waals surface area contributed by atoms with Crippen molar-refractivity contribution in [2.24, 2.45) is 17.8 Å². The fourth-order valence-corrected chi connectivity index (χ4v) is 4.06. The molecule has 0 aromatic heterocycles. The Kier molecular flexibility index (Phi) is 3.92. The van der Waals surface area contributed by atoms with Gasteiger partial charge in [-0.05, 0) is 71.9 Å². The van der Waals surface area contributed by atoms with Crippen LogP contribution in [0.4, 0.5) is 18.9 Å². The summed E-state index contributed by atoms with van der Waals surface area (Å²) in [6.07, 6.45) is -0.155. The third-order valence-corrected chi connectivity index (χ3v) is 5.57. The lowest BCUT2D eigenvalue weighted by molar-refractivity contribution is -0.137. The molecule has 2 aliphatic rings. The molecule has 1 aromatic carbocycles. The maximum atomic E-state index is 12.7. The standard InChI is InChI=1S/C15H15F3INO/c16-15(17,18)10-3-4-12(19)13(7-10)20-14(21)11-6-8-1-2-9(11)5-8/h3-4,7-9,11H,1-2,5-6H2,(H,20,21). The van der Waals surface area contributed by atoms with E-state index in [2.05, 4.69) is 5.32 Å². The molecule has 0 radical (unpaired) electrons. The zero-order valence-corrected chi connectivity index (χ0v) is 13.4. The fraction of sp³-hybridized carbons (Fsp3) is 0.533. The Morgan fingerprint density at radius 1 is 1.24 bits per heavy atom. The van der Waals surface area contributed by atoms with E-state index < -0.39 is 11.7 Å². The summed E-state index contributed by atoms with van der Waals surface area (Å²) in [6.45, 7) is 0. The quantitative estimate of drug-likeness (QED) is 0.706. The highest BCUT2D eigenvalue weighted by Crippen LogP contribution is 2.48. The molecule has 0 heterocycles. The van der Waals surface area contributed by atoms with E-state index in [-0.39, 0.29) is 17.5 Å². The Bertz CT molecular complexity index is 573. The molecule has 2 bridgehead atoms. The molecule has 6 heteroatoms. The minimum Gasteiger partial charge on any atom is -0.325 e. The van der Waals surface area contributed by atoms with Crippen LogP contribution in [0, 0.1) is 21.3 Å². The molecule has 2 fully saturated rings. The molecule has 3 rings (SSSR count). The van der Waals surface area contributed by atoms with Gasteiger partial charge in [-0.25, -0.2) is 0 Å². The molecule has 3 atom stereocenters. The van der Waals surface area contributed by atoms with Crippen molar-refractivity contribution in [2.45, 2.75) is 31.9 Å². The summed E-state index contributed by atoms with van der Waals surface area (Å²) >= 11 is 1.94. The largest absolute Gasteiger partial charge is 0.416 e. The van der Waals surface area contributed by atoms with Crippen LogP contribution in [0.1, 0.15) is 31.2 Å². The molecule has 0 aliphatic heterocycles. The number of benzene rings is 1. The number of anilines is 1. The van der Waals surface area contributed by atoms with Crippen molar-refractivity contribution in [1.82, 2.24) is 0 Å². The molecule has 0 saturated heterocycles. The summed E-state index contributed by atoms with van der Waals surface area (Å²) in [5.74, 6) is 0.887. The van der Waals surface area contributed by atoms with Gasteiger partial charge in [-0.3, -0.25) is 4.79 Å². The van der Waals surface area contributed by atoms with Crippen LogP contribution in [0.15, 0.2) is 18.2 Å². The first-order valence-electron chi connectivity index (χ1n) is 7.02. The topological polar surface area (TPSA) is 29.1 Å². The van der Waals surface area contributed by atoms with Gasteiger partial charge in [-0.2, -0.15) is 13.2 Å². The van der Waals surface area contributed by atoms with Crippen molar-refractivity contribution in [3.63, 3.8) is 0 Å². The van der Waals surface area contributed by atoms with Crippen molar-refractivity contribution in [3.05, 3.63) is 27.3 Å². The predicted molar refractivity (Wildman–Crippen MR) is 81.7 cm³/mol. The van der Waals surface area contributed by atoms with E-state index in [0.29, 0.717) is 15.4 Å². The average Bonchev–Trinajstić information content (AvgIpc) is 3.02. The second-order valence-corrected chi connectivity index (χ2v) is 7.13. The lowest BCUT2D eigenvalue weighted by atomic mass is 9.88. The van der Waals surface area contributed by atoms with Gasteiger partial charge in [0.15, 0.2) is 0 Å². The number of nitrogens with one attached hydrogen (secondary N) is 1. The maximum Gasteiger partial charge on any atom is 0.416 e. The van der Waals surface area contributed by atoms with Crippen molar-refractivity contribution in [2.75, 3.05) is 5.32 Å². The number of alkyl halides is 3. The van der Waals surface area contributed by atoms with Gasteiger partial charge in [0.25, 0.3) is 0 Å². The third-order valence-electron chi connectivity index (χ3n) is 4.63. The molecular weight excluding hydrogens is 394 g/mol. The van der Waals surface area contributed by atoms with E-state index in [1.807, 2.05) is 22.6 Å². The lowest BCUT2D eigenvalue weighted by Crippen LogP contribution is -2.27. The molecule has 1 aromatic rings. The van der Waals surface area contributed by atoms with Crippen molar-refractivity contribution in [3.8, 4) is 0 Å². The second-order valence-electron chi connectivity index (χ2n) is 5.96. The first kappa shape index (κ1) is 15.1. The number of rotatable bonds is 2. The Labute approximate surface area is 134 Å². The minimum atomic E-state index is -4.39. The van der Waals surface area contributed by atoms with Gasteiger partial charge in [-0.15, -0.1) is 0 Å². The van der Waals surface area contributed by atoms with Gasteiger partial charge in [0.05, 0.1) is 11.3 Å². The van der Waals surface area contributed by atoms with E-state index >= 15 is 0 Å². The number of halogens is 4. The van der Waals surface area contributed by atoms with Crippen molar-refractivity contribution in [1.29, 1.82) is 0 Å². The van der Waals surface area contributed by atoms with Gasteiger partial charge in [0, 0.05) is 9.49 Å². The van der Waals surface area contributed by atoms with Gasteiger partial charge in [0.2, 0.25) is 5.91 Å². The summed E-state index contributed by atoms with van der Waals surface area (Å²) in [4.78, 5) is 12.3. The number of carbonyl (C=O) groups excluding carboxylic acids is 1. The summed E-state index contributed by atoms with van der Waals surface area (Å²) in [7, 11) is 0. The monoisotopic (exact) mass is 409 g/mol. The summed E-state index contributed by atoms with van der Waals surface area (Å²) in [5.41, 5.74) is -0.468. The van der Waals surface area contributed by atoms with Gasteiger partial charge < -0.3 is 5.32 Å². The highest BCUT2D eigenvalue weighted by molar-refractivity contribution is 14.1. The van der Waals surface area contributed by atoms with Crippen molar-refractivity contribution < 1.29 is 18.0 Å². The molecule has 3 unspecified atom stereocenters. The summed E-state index contributed by atoms with van der Waals surface area (Å²) < 4.78 is 38.9. The Hall–Kier alpha value is -0.790. The number of amides is 1. The lowest BCUT2D eigenvalue weighted by Gasteiger charge is -2.21. The van der Waals surface area contributed by atoms with Gasteiger partial charge in [0.1, 0.15) is 0 Å². The molecule has 1 amide bonds. The van der Waals surface area contributed by atoms with Crippen LogP contribution in [-0.4, -0.2) is 5.91 Å². The van der Waals surface area contributed by atoms with Crippen LogP contribution in [0.3, 0.4) is 0 Å². The zero-order chi connectivity index (χ0) is 15.2. The zero-order valence-electron chi connectivity index (χ0n) is 11.2. The molecule has 2 saturated carbocycles. The summed E-state index contributed by atoms with van der Waals surface area (Å²) in [6, 6.07) is 3.45. The van der Waals surface area contributed by atoms with Crippen LogP contribution in [-0.2, 0) is 11.0 Å². The van der Waals surface area contributed by atoms with E-state index in [1.54, 1.807) is 0 Å². The minimum absolute atomic E-state index is 0.0332. The van der Waals surface area contributed by atoms with Crippen LogP contribution in [0.5, 0.6) is 0 Å². The molecule has 2 aliphatic carbocycles. The van der Waals surface area contributed by atoms with E-state index in [1.165, 1.54) is 12.5 Å². The second kappa shape index (κ2) is 5.44. The maximum absolute atomic E-state index is 12.7. The first-order chi connectivity index (χ1) is 9.84. The highest BCUT2D eigenvalue weighted by Gasteiger charge is 2.43.